The Bertz CT molecular complexity index is 609. The van der Waals surface area contributed by atoms with Crippen molar-refractivity contribution in [1.29, 1.82) is 0 Å². The van der Waals surface area contributed by atoms with Crippen LogP contribution in [0.2, 0.25) is 0 Å². The Kier molecular flexibility index (Phi) is 4.20. The first kappa shape index (κ1) is 13.9. The zero-order valence-corrected chi connectivity index (χ0v) is 11.3. The molecule has 0 atom stereocenters. The number of rotatable bonds is 5. The van der Waals surface area contributed by atoms with Crippen molar-refractivity contribution in [2.24, 2.45) is 0 Å². The third-order valence-corrected chi connectivity index (χ3v) is 3.06. The molecule has 2 rings (SSSR count). The highest BCUT2D eigenvalue weighted by molar-refractivity contribution is 5.62. The Hall–Kier alpha value is -2.56. The van der Waals surface area contributed by atoms with Crippen LogP contribution in [0.3, 0.4) is 0 Å². The number of hydrogen-bond donors (Lipinski definition) is 2. The average Bonchev–Trinajstić information content (AvgIpc) is 2.42. The fraction of sp³-hybridized carbons (Fsp3) is 0.200. The number of nitro groups is 1. The summed E-state index contributed by atoms with van der Waals surface area (Å²) in [5.41, 5.74) is 9.04. The number of nitrogen functional groups attached to an aromatic ring is 1. The predicted octanol–water partition coefficient (Wildman–Crippen LogP) is 3.14. The van der Waals surface area contributed by atoms with E-state index in [0.717, 1.165) is 23.2 Å². The molecule has 0 radical (unpaired) electrons. The molecule has 0 aliphatic heterocycles. The topological polar surface area (TPSA) is 81.2 Å². The fourth-order valence-electron chi connectivity index (χ4n) is 1.97. The molecule has 5 nitrogen and oxygen atoms in total. The molecule has 104 valence electrons. The Morgan fingerprint density at radius 2 is 1.90 bits per heavy atom. The van der Waals surface area contributed by atoms with Gasteiger partial charge in [0.2, 0.25) is 0 Å². The van der Waals surface area contributed by atoms with Crippen LogP contribution in [0, 0.1) is 17.0 Å². The third-order valence-electron chi connectivity index (χ3n) is 3.06. The van der Waals surface area contributed by atoms with Crippen molar-refractivity contribution in [3.8, 4) is 0 Å². The molecule has 0 saturated heterocycles. The lowest BCUT2D eigenvalue weighted by molar-refractivity contribution is -0.384. The first-order valence-corrected chi connectivity index (χ1v) is 6.39. The lowest BCUT2D eigenvalue weighted by atomic mass is 10.1. The van der Waals surface area contributed by atoms with Crippen LogP contribution in [-0.2, 0) is 6.42 Å². The monoisotopic (exact) mass is 271 g/mol. The maximum absolute atomic E-state index is 11.0. The molecule has 0 aromatic heterocycles. The van der Waals surface area contributed by atoms with E-state index in [1.165, 1.54) is 0 Å². The van der Waals surface area contributed by atoms with Crippen LogP contribution >= 0.6 is 0 Å². The largest absolute Gasteiger partial charge is 0.399 e. The molecule has 3 N–H and O–H groups in total. The zero-order chi connectivity index (χ0) is 14.5. The number of nitrogens with two attached hydrogens (primary N) is 1. The number of hydrogen-bond acceptors (Lipinski definition) is 4. The normalized spacial score (nSPS) is 10.2. The molecule has 0 spiro atoms. The van der Waals surface area contributed by atoms with E-state index >= 15 is 0 Å². The Morgan fingerprint density at radius 1 is 1.20 bits per heavy atom. The van der Waals surface area contributed by atoms with Gasteiger partial charge in [-0.05, 0) is 42.7 Å². The van der Waals surface area contributed by atoms with Gasteiger partial charge in [-0.15, -0.1) is 0 Å². The van der Waals surface area contributed by atoms with Gasteiger partial charge in [0.1, 0.15) is 5.69 Å². The summed E-state index contributed by atoms with van der Waals surface area (Å²) >= 11 is 0. The first-order valence-electron chi connectivity index (χ1n) is 6.39. The smallest absolute Gasteiger partial charge is 0.292 e. The van der Waals surface area contributed by atoms with E-state index in [2.05, 4.69) is 5.32 Å². The summed E-state index contributed by atoms with van der Waals surface area (Å²) < 4.78 is 0. The molecule has 0 heterocycles. The molecule has 0 aliphatic rings. The van der Waals surface area contributed by atoms with Gasteiger partial charge in [0, 0.05) is 18.3 Å². The van der Waals surface area contributed by atoms with Crippen LogP contribution in [0.5, 0.6) is 0 Å². The minimum atomic E-state index is -0.363. The second-order valence-electron chi connectivity index (χ2n) is 4.70. The number of nitrogens with one attached hydrogen (secondary N) is 1. The Balaban J connectivity index is 2.00. The number of aryl methyl sites for hydroxylation is 1. The van der Waals surface area contributed by atoms with Gasteiger partial charge in [-0.2, -0.15) is 0 Å². The van der Waals surface area contributed by atoms with Crippen LogP contribution in [0.4, 0.5) is 17.1 Å². The molecule has 20 heavy (non-hydrogen) atoms. The Morgan fingerprint density at radius 3 is 2.55 bits per heavy atom. The van der Waals surface area contributed by atoms with Crippen LogP contribution in [-0.4, -0.2) is 11.5 Å². The van der Waals surface area contributed by atoms with Crippen LogP contribution in [0.1, 0.15) is 11.1 Å². The van der Waals surface area contributed by atoms with E-state index in [0.29, 0.717) is 12.2 Å². The summed E-state index contributed by atoms with van der Waals surface area (Å²) in [7, 11) is 0. The van der Waals surface area contributed by atoms with Crippen molar-refractivity contribution in [2.75, 3.05) is 17.6 Å². The second-order valence-corrected chi connectivity index (χ2v) is 4.70. The molecule has 0 fully saturated rings. The van der Waals surface area contributed by atoms with Gasteiger partial charge in [-0.3, -0.25) is 10.1 Å². The van der Waals surface area contributed by atoms with Crippen molar-refractivity contribution in [3.63, 3.8) is 0 Å². The minimum absolute atomic E-state index is 0.113. The molecule has 2 aromatic rings. The van der Waals surface area contributed by atoms with E-state index in [4.69, 9.17) is 5.73 Å². The van der Waals surface area contributed by atoms with E-state index in [-0.39, 0.29) is 10.6 Å². The lowest BCUT2D eigenvalue weighted by Crippen LogP contribution is -2.07. The van der Waals surface area contributed by atoms with Crippen LogP contribution in [0.15, 0.2) is 42.5 Å². The molecule has 2 aromatic carbocycles. The summed E-state index contributed by atoms with van der Waals surface area (Å²) in [5, 5.41) is 14.1. The molecular weight excluding hydrogens is 254 g/mol. The van der Waals surface area contributed by atoms with Crippen molar-refractivity contribution >= 4 is 17.1 Å². The van der Waals surface area contributed by atoms with E-state index in [1.807, 2.05) is 37.3 Å². The van der Waals surface area contributed by atoms with Crippen LogP contribution in [0.25, 0.3) is 0 Å². The number of nitrogens with zero attached hydrogens (tertiary/aromatic N) is 1. The number of benzene rings is 2. The maximum Gasteiger partial charge on any atom is 0.292 e. The molecule has 0 saturated carbocycles. The van der Waals surface area contributed by atoms with Gasteiger partial charge < -0.3 is 11.1 Å². The summed E-state index contributed by atoms with van der Waals surface area (Å²) in [6.07, 6.45) is 0.783. The SMILES string of the molecule is Cc1ccc(NCCc2ccc(N)cc2)c([N+](=O)[O-])c1. The molecule has 0 amide bonds. The van der Waals surface area contributed by atoms with Gasteiger partial charge in [0.05, 0.1) is 4.92 Å². The summed E-state index contributed by atoms with van der Waals surface area (Å²) in [6, 6.07) is 12.8. The minimum Gasteiger partial charge on any atom is -0.399 e. The summed E-state index contributed by atoms with van der Waals surface area (Å²) in [5.74, 6) is 0. The summed E-state index contributed by atoms with van der Waals surface area (Å²) in [4.78, 5) is 10.6. The second kappa shape index (κ2) is 6.06. The van der Waals surface area contributed by atoms with Gasteiger partial charge >= 0.3 is 0 Å². The highest BCUT2D eigenvalue weighted by atomic mass is 16.6. The summed E-state index contributed by atoms with van der Waals surface area (Å²) in [6.45, 7) is 2.47. The van der Waals surface area contributed by atoms with Gasteiger partial charge in [0.15, 0.2) is 0 Å². The lowest BCUT2D eigenvalue weighted by Gasteiger charge is -2.08. The van der Waals surface area contributed by atoms with Gasteiger partial charge in [-0.25, -0.2) is 0 Å². The van der Waals surface area contributed by atoms with Crippen LogP contribution < -0.4 is 11.1 Å². The first-order chi connectivity index (χ1) is 9.56. The number of nitro benzene ring substituents is 1. The van der Waals surface area contributed by atoms with E-state index < -0.39 is 0 Å². The van der Waals surface area contributed by atoms with E-state index in [1.54, 1.807) is 12.1 Å². The highest BCUT2D eigenvalue weighted by Gasteiger charge is 2.12. The highest BCUT2D eigenvalue weighted by Crippen LogP contribution is 2.25. The van der Waals surface area contributed by atoms with Gasteiger partial charge in [-0.1, -0.05) is 18.2 Å². The average molecular weight is 271 g/mol. The fourth-order valence-corrected chi connectivity index (χ4v) is 1.97. The number of anilines is 2. The van der Waals surface area contributed by atoms with Crippen molar-refractivity contribution in [2.45, 2.75) is 13.3 Å². The quantitative estimate of drug-likeness (QED) is 0.497. The van der Waals surface area contributed by atoms with Crippen molar-refractivity contribution in [3.05, 3.63) is 63.7 Å². The molecular formula is C15H17N3O2. The van der Waals surface area contributed by atoms with Gasteiger partial charge in [0.25, 0.3) is 5.69 Å². The molecule has 5 heteroatoms. The maximum atomic E-state index is 11.0. The predicted molar refractivity (Wildman–Crippen MR) is 80.9 cm³/mol. The zero-order valence-electron chi connectivity index (χ0n) is 11.3. The van der Waals surface area contributed by atoms with E-state index in [9.17, 15) is 10.1 Å². The molecule has 0 bridgehead atoms. The molecule has 0 unspecified atom stereocenters. The molecule has 0 aliphatic carbocycles. The van der Waals surface area contributed by atoms with Crippen molar-refractivity contribution < 1.29 is 4.92 Å². The Labute approximate surface area is 117 Å². The van der Waals surface area contributed by atoms with Crippen molar-refractivity contribution in [1.82, 2.24) is 0 Å². The standard InChI is InChI=1S/C15H17N3O2/c1-11-2-7-14(15(10-11)18(19)20)17-9-8-12-3-5-13(16)6-4-12/h2-7,10,17H,8-9,16H2,1H3. The third kappa shape index (κ3) is 3.47.